The molecule has 0 unspecified atom stereocenters. The van der Waals surface area contributed by atoms with Crippen molar-refractivity contribution in [1.82, 2.24) is 10.3 Å². The lowest BCUT2D eigenvalue weighted by molar-refractivity contribution is -0.114. The zero-order valence-electron chi connectivity index (χ0n) is 12.3. The highest BCUT2D eigenvalue weighted by molar-refractivity contribution is 7.14. The van der Waals surface area contributed by atoms with E-state index in [4.69, 9.17) is 0 Å². The maximum atomic E-state index is 12.3. The lowest BCUT2D eigenvalue weighted by atomic mass is 9.88. The van der Waals surface area contributed by atoms with Gasteiger partial charge in [-0.15, -0.1) is 11.3 Å². The Bertz CT molecular complexity index is 711. The number of hydrogen-bond acceptors (Lipinski definition) is 4. The fraction of sp³-hybridized carbons (Fsp3) is 0.312. The molecule has 2 amide bonds. The first-order chi connectivity index (χ1) is 10.6. The van der Waals surface area contributed by atoms with E-state index in [2.05, 4.69) is 27.8 Å². The minimum absolute atomic E-state index is 0.0309. The van der Waals surface area contributed by atoms with E-state index in [9.17, 15) is 9.59 Å². The summed E-state index contributed by atoms with van der Waals surface area (Å²) >= 11 is 1.25. The van der Waals surface area contributed by atoms with E-state index in [1.807, 2.05) is 12.1 Å². The predicted molar refractivity (Wildman–Crippen MR) is 86.0 cm³/mol. The molecule has 2 aromatic rings. The number of nitrogens with zero attached hydrogens (tertiary/aromatic N) is 1. The first kappa shape index (κ1) is 14.7. The van der Waals surface area contributed by atoms with Crippen molar-refractivity contribution in [3.05, 3.63) is 46.5 Å². The van der Waals surface area contributed by atoms with Crippen molar-refractivity contribution in [2.75, 3.05) is 5.32 Å². The summed E-state index contributed by atoms with van der Waals surface area (Å²) in [6.45, 7) is 1.42. The second-order valence-corrected chi connectivity index (χ2v) is 6.19. The van der Waals surface area contributed by atoms with Crippen molar-refractivity contribution >= 4 is 28.3 Å². The van der Waals surface area contributed by atoms with Crippen LogP contribution in [0.2, 0.25) is 0 Å². The van der Waals surface area contributed by atoms with Gasteiger partial charge in [-0.3, -0.25) is 9.59 Å². The Labute approximate surface area is 132 Å². The van der Waals surface area contributed by atoms with Crippen molar-refractivity contribution < 1.29 is 9.59 Å². The number of aryl methyl sites for hydroxylation is 1. The smallest absolute Gasteiger partial charge is 0.271 e. The number of carbonyl (C=O) groups is 2. The molecular weight excluding hydrogens is 298 g/mol. The normalized spacial score (nSPS) is 16.7. The van der Waals surface area contributed by atoms with Crippen LogP contribution in [0.5, 0.6) is 0 Å². The third-order valence-corrected chi connectivity index (χ3v) is 4.45. The third-order valence-electron chi connectivity index (χ3n) is 3.69. The monoisotopic (exact) mass is 315 g/mol. The van der Waals surface area contributed by atoms with Gasteiger partial charge in [0.25, 0.3) is 5.91 Å². The Kier molecular flexibility index (Phi) is 4.20. The summed E-state index contributed by atoms with van der Waals surface area (Å²) < 4.78 is 0. The largest absolute Gasteiger partial charge is 0.344 e. The summed E-state index contributed by atoms with van der Waals surface area (Å²) in [5.41, 5.74) is 2.84. The average molecular weight is 315 g/mol. The van der Waals surface area contributed by atoms with E-state index in [0.29, 0.717) is 10.8 Å². The van der Waals surface area contributed by atoms with Gasteiger partial charge >= 0.3 is 0 Å². The van der Waals surface area contributed by atoms with Crippen molar-refractivity contribution in [3.8, 4) is 0 Å². The molecule has 1 heterocycles. The molecular formula is C16H17N3O2S. The molecule has 5 nitrogen and oxygen atoms in total. The molecule has 0 saturated carbocycles. The van der Waals surface area contributed by atoms with Crippen LogP contribution in [0.1, 0.15) is 47.4 Å². The molecule has 22 heavy (non-hydrogen) atoms. The highest BCUT2D eigenvalue weighted by Gasteiger charge is 2.22. The molecule has 1 aliphatic rings. The molecule has 1 aromatic carbocycles. The molecule has 0 radical (unpaired) electrons. The van der Waals surface area contributed by atoms with Crippen molar-refractivity contribution in [2.45, 2.75) is 32.2 Å². The van der Waals surface area contributed by atoms with E-state index in [1.54, 1.807) is 5.38 Å². The zero-order valence-corrected chi connectivity index (χ0v) is 13.1. The fourth-order valence-electron chi connectivity index (χ4n) is 2.72. The molecule has 0 saturated heterocycles. The molecule has 0 bridgehead atoms. The molecule has 2 N–H and O–H groups in total. The second-order valence-electron chi connectivity index (χ2n) is 5.34. The zero-order chi connectivity index (χ0) is 15.5. The topological polar surface area (TPSA) is 71.1 Å². The molecule has 3 rings (SSSR count). The van der Waals surface area contributed by atoms with Crippen LogP contribution in [0, 0.1) is 0 Å². The number of anilines is 1. The summed E-state index contributed by atoms with van der Waals surface area (Å²) in [5.74, 6) is -0.392. The van der Waals surface area contributed by atoms with E-state index in [-0.39, 0.29) is 17.9 Å². The standard InChI is InChI=1S/C16H17N3O2S/c1-10(20)17-16-19-14(9-22-16)15(21)18-13-8-4-6-11-5-2-3-7-12(11)13/h2-3,5,7,9,13H,4,6,8H2,1H3,(H,18,21)(H,17,19,20)/t13-/m0/s1. The number of carbonyl (C=O) groups excluding carboxylic acids is 2. The average Bonchev–Trinajstić information content (AvgIpc) is 2.95. The van der Waals surface area contributed by atoms with Crippen LogP contribution in [-0.2, 0) is 11.2 Å². The minimum Gasteiger partial charge on any atom is -0.344 e. The first-order valence-electron chi connectivity index (χ1n) is 7.25. The van der Waals surface area contributed by atoms with Crippen molar-refractivity contribution in [2.24, 2.45) is 0 Å². The summed E-state index contributed by atoms with van der Waals surface area (Å²) in [7, 11) is 0. The number of hydrogen-bond donors (Lipinski definition) is 2. The van der Waals surface area contributed by atoms with Crippen LogP contribution in [0.15, 0.2) is 29.6 Å². The van der Waals surface area contributed by atoms with E-state index in [0.717, 1.165) is 19.3 Å². The molecule has 1 aromatic heterocycles. The fourth-order valence-corrected chi connectivity index (χ4v) is 3.46. The van der Waals surface area contributed by atoms with Gasteiger partial charge < -0.3 is 10.6 Å². The molecule has 0 aliphatic heterocycles. The van der Waals surface area contributed by atoms with Gasteiger partial charge in [-0.1, -0.05) is 24.3 Å². The highest BCUT2D eigenvalue weighted by atomic mass is 32.1. The number of thiazole rings is 1. The van der Waals surface area contributed by atoms with E-state index in [1.165, 1.54) is 29.4 Å². The first-order valence-corrected chi connectivity index (χ1v) is 8.13. The number of aromatic nitrogens is 1. The van der Waals surface area contributed by atoms with Crippen LogP contribution >= 0.6 is 11.3 Å². The van der Waals surface area contributed by atoms with Gasteiger partial charge in [0.05, 0.1) is 6.04 Å². The Morgan fingerprint density at radius 3 is 2.95 bits per heavy atom. The predicted octanol–water partition coefficient (Wildman–Crippen LogP) is 2.91. The highest BCUT2D eigenvalue weighted by Crippen LogP contribution is 2.29. The lowest BCUT2D eigenvalue weighted by Crippen LogP contribution is -2.31. The number of benzene rings is 1. The third kappa shape index (κ3) is 3.17. The Morgan fingerprint density at radius 2 is 2.14 bits per heavy atom. The SMILES string of the molecule is CC(=O)Nc1nc(C(=O)N[C@H]2CCCc3ccccc32)cs1. The van der Waals surface area contributed by atoms with Crippen molar-refractivity contribution in [1.29, 1.82) is 0 Å². The van der Waals surface area contributed by atoms with E-state index < -0.39 is 0 Å². The van der Waals surface area contributed by atoms with Gasteiger partial charge in [0.1, 0.15) is 5.69 Å². The van der Waals surface area contributed by atoms with Gasteiger partial charge in [-0.05, 0) is 30.4 Å². The van der Waals surface area contributed by atoms with Crippen LogP contribution in [0.4, 0.5) is 5.13 Å². The number of nitrogens with one attached hydrogen (secondary N) is 2. The molecule has 1 atom stereocenters. The maximum absolute atomic E-state index is 12.3. The summed E-state index contributed by atoms with van der Waals surface area (Å²) in [5, 5.41) is 7.75. The van der Waals surface area contributed by atoms with Gasteiger partial charge in [-0.2, -0.15) is 0 Å². The summed E-state index contributed by atoms with van der Waals surface area (Å²) in [4.78, 5) is 27.5. The van der Waals surface area contributed by atoms with Crippen LogP contribution in [0.3, 0.4) is 0 Å². The number of amides is 2. The summed E-state index contributed by atoms with van der Waals surface area (Å²) in [6.07, 6.45) is 3.06. The molecule has 0 fully saturated rings. The molecule has 114 valence electrons. The van der Waals surface area contributed by atoms with Gasteiger partial charge in [0, 0.05) is 12.3 Å². The minimum atomic E-state index is -0.199. The maximum Gasteiger partial charge on any atom is 0.271 e. The molecule has 0 spiro atoms. The van der Waals surface area contributed by atoms with Gasteiger partial charge in [0.15, 0.2) is 5.13 Å². The number of rotatable bonds is 3. The Morgan fingerprint density at radius 1 is 1.32 bits per heavy atom. The van der Waals surface area contributed by atoms with Crippen molar-refractivity contribution in [3.63, 3.8) is 0 Å². The summed E-state index contributed by atoms with van der Waals surface area (Å²) in [6, 6.07) is 8.25. The quantitative estimate of drug-likeness (QED) is 0.915. The second kappa shape index (κ2) is 6.27. The molecule has 1 aliphatic carbocycles. The molecule has 6 heteroatoms. The Balaban J connectivity index is 1.72. The van der Waals surface area contributed by atoms with Crippen LogP contribution in [-0.4, -0.2) is 16.8 Å². The van der Waals surface area contributed by atoms with Crippen LogP contribution < -0.4 is 10.6 Å². The van der Waals surface area contributed by atoms with Gasteiger partial charge in [-0.25, -0.2) is 4.98 Å². The van der Waals surface area contributed by atoms with E-state index >= 15 is 0 Å². The van der Waals surface area contributed by atoms with Gasteiger partial charge in [0.2, 0.25) is 5.91 Å². The number of fused-ring (bicyclic) bond motifs is 1. The Hall–Kier alpha value is -2.21. The lowest BCUT2D eigenvalue weighted by Gasteiger charge is -2.26. The van der Waals surface area contributed by atoms with Crippen LogP contribution in [0.25, 0.3) is 0 Å².